The molecule has 0 radical (unpaired) electrons. The molecule has 1 aliphatic rings. The fourth-order valence-electron chi connectivity index (χ4n) is 3.33. The lowest BCUT2D eigenvalue weighted by Gasteiger charge is -2.26. The second-order valence-electron chi connectivity index (χ2n) is 7.54. The largest absolute Gasteiger partial charge is 0.491 e. The first kappa shape index (κ1) is 21.8. The molecule has 2 aromatic rings. The zero-order valence-corrected chi connectivity index (χ0v) is 18.1. The van der Waals surface area contributed by atoms with Gasteiger partial charge in [0.15, 0.2) is 5.11 Å². The van der Waals surface area contributed by atoms with E-state index in [0.717, 1.165) is 25.9 Å². The summed E-state index contributed by atoms with van der Waals surface area (Å²) in [7, 11) is 0. The van der Waals surface area contributed by atoms with Gasteiger partial charge in [-0.05, 0) is 81.7 Å². The Hall–Kier alpha value is -2.93. The van der Waals surface area contributed by atoms with Crippen LogP contribution in [0, 0.1) is 0 Å². The van der Waals surface area contributed by atoms with E-state index in [0.29, 0.717) is 22.6 Å². The molecule has 6 nitrogen and oxygen atoms in total. The Morgan fingerprint density at radius 1 is 1.00 bits per heavy atom. The van der Waals surface area contributed by atoms with Gasteiger partial charge in [-0.3, -0.25) is 14.9 Å². The molecule has 2 N–H and O–H groups in total. The average molecular weight is 426 g/mol. The molecule has 0 spiro atoms. The molecule has 2 aromatic carbocycles. The van der Waals surface area contributed by atoms with Gasteiger partial charge in [-0.1, -0.05) is 12.1 Å². The predicted molar refractivity (Wildman–Crippen MR) is 122 cm³/mol. The number of amides is 2. The van der Waals surface area contributed by atoms with Crippen molar-refractivity contribution in [3.8, 4) is 5.75 Å². The van der Waals surface area contributed by atoms with Crippen LogP contribution in [-0.4, -0.2) is 41.0 Å². The van der Waals surface area contributed by atoms with E-state index in [9.17, 15) is 9.59 Å². The smallest absolute Gasteiger partial charge is 0.257 e. The molecule has 1 aliphatic heterocycles. The number of ether oxygens (including phenoxy) is 1. The van der Waals surface area contributed by atoms with Crippen molar-refractivity contribution < 1.29 is 14.3 Å². The van der Waals surface area contributed by atoms with Gasteiger partial charge in [0.1, 0.15) is 5.75 Å². The second kappa shape index (κ2) is 10.2. The quantitative estimate of drug-likeness (QED) is 0.702. The topological polar surface area (TPSA) is 70.7 Å². The summed E-state index contributed by atoms with van der Waals surface area (Å²) in [6.07, 6.45) is 3.28. The van der Waals surface area contributed by atoms with E-state index in [1.54, 1.807) is 42.5 Å². The highest BCUT2D eigenvalue weighted by atomic mass is 32.1. The second-order valence-corrected chi connectivity index (χ2v) is 7.94. The zero-order chi connectivity index (χ0) is 21.5. The number of carbonyl (C=O) groups excluding carboxylic acids is 2. The van der Waals surface area contributed by atoms with Gasteiger partial charge < -0.3 is 15.0 Å². The molecule has 0 bridgehead atoms. The van der Waals surface area contributed by atoms with Gasteiger partial charge >= 0.3 is 0 Å². The lowest BCUT2D eigenvalue weighted by Crippen LogP contribution is -2.36. The molecule has 0 aromatic heterocycles. The maximum Gasteiger partial charge on any atom is 0.257 e. The molecule has 2 amide bonds. The fraction of sp³-hybridized carbons (Fsp3) is 0.348. The van der Waals surface area contributed by atoms with Crippen molar-refractivity contribution >= 4 is 34.8 Å². The van der Waals surface area contributed by atoms with E-state index in [1.807, 2.05) is 24.8 Å². The molecule has 0 unspecified atom stereocenters. The summed E-state index contributed by atoms with van der Waals surface area (Å²) in [6, 6.07) is 14.1. The summed E-state index contributed by atoms with van der Waals surface area (Å²) in [4.78, 5) is 27.1. The van der Waals surface area contributed by atoms with Crippen LogP contribution < -0.4 is 15.4 Å². The van der Waals surface area contributed by atoms with Crippen molar-refractivity contribution in [2.45, 2.75) is 39.2 Å². The van der Waals surface area contributed by atoms with Crippen molar-refractivity contribution in [1.82, 2.24) is 10.2 Å². The van der Waals surface area contributed by atoms with Crippen molar-refractivity contribution in [3.63, 3.8) is 0 Å². The first-order valence-corrected chi connectivity index (χ1v) is 10.6. The fourth-order valence-corrected chi connectivity index (χ4v) is 3.54. The van der Waals surface area contributed by atoms with Crippen molar-refractivity contribution in [3.05, 3.63) is 59.7 Å². The van der Waals surface area contributed by atoms with Crippen LogP contribution in [0.3, 0.4) is 0 Å². The number of piperidine rings is 1. The SMILES string of the molecule is CC(C)Oc1cccc(C(=O)NC(=S)Nc2cccc(C(=O)N3CCCCC3)c2)c1. The van der Waals surface area contributed by atoms with Gasteiger partial charge in [-0.15, -0.1) is 0 Å². The summed E-state index contributed by atoms with van der Waals surface area (Å²) in [6.45, 7) is 5.45. The molecule has 0 atom stereocenters. The number of nitrogens with zero attached hydrogens (tertiary/aromatic N) is 1. The first-order chi connectivity index (χ1) is 14.4. The van der Waals surface area contributed by atoms with E-state index < -0.39 is 0 Å². The minimum Gasteiger partial charge on any atom is -0.491 e. The van der Waals surface area contributed by atoms with Crippen LogP contribution in [0.15, 0.2) is 48.5 Å². The highest BCUT2D eigenvalue weighted by Gasteiger charge is 2.18. The predicted octanol–water partition coefficient (Wildman–Crippen LogP) is 4.23. The summed E-state index contributed by atoms with van der Waals surface area (Å²) in [5.74, 6) is 0.318. The van der Waals surface area contributed by atoms with Gasteiger partial charge in [0.05, 0.1) is 6.10 Å². The van der Waals surface area contributed by atoms with E-state index >= 15 is 0 Å². The van der Waals surface area contributed by atoms with Crippen molar-refractivity contribution in [2.24, 2.45) is 0 Å². The maximum atomic E-state index is 12.7. The Kier molecular flexibility index (Phi) is 7.41. The Labute approximate surface area is 182 Å². The molecule has 30 heavy (non-hydrogen) atoms. The standard InChI is InChI=1S/C23H27N3O3S/c1-16(2)29-20-11-7-8-17(15-20)21(27)25-23(30)24-19-10-6-9-18(14-19)22(28)26-12-4-3-5-13-26/h6-11,14-16H,3-5,12-13H2,1-2H3,(H2,24,25,27,30). The van der Waals surface area contributed by atoms with Gasteiger partial charge in [-0.2, -0.15) is 0 Å². The van der Waals surface area contributed by atoms with Crippen LogP contribution in [-0.2, 0) is 0 Å². The molecule has 0 aliphatic carbocycles. The van der Waals surface area contributed by atoms with E-state index in [1.165, 1.54) is 6.42 Å². The van der Waals surface area contributed by atoms with Gasteiger partial charge in [0.25, 0.3) is 11.8 Å². The summed E-state index contributed by atoms with van der Waals surface area (Å²) < 4.78 is 5.63. The number of benzene rings is 2. The van der Waals surface area contributed by atoms with Crippen molar-refractivity contribution in [2.75, 3.05) is 18.4 Å². The third-order valence-electron chi connectivity index (χ3n) is 4.71. The van der Waals surface area contributed by atoms with Gasteiger partial charge in [0, 0.05) is 29.9 Å². The molecular weight excluding hydrogens is 398 g/mol. The third kappa shape index (κ3) is 6.03. The van der Waals surface area contributed by atoms with E-state index in [4.69, 9.17) is 17.0 Å². The first-order valence-electron chi connectivity index (χ1n) is 10.2. The molecule has 1 heterocycles. The Balaban J connectivity index is 1.61. The Morgan fingerprint density at radius 2 is 1.70 bits per heavy atom. The molecule has 1 saturated heterocycles. The van der Waals surface area contributed by atoms with Gasteiger partial charge in [-0.25, -0.2) is 0 Å². The van der Waals surface area contributed by atoms with Crippen LogP contribution in [0.5, 0.6) is 5.75 Å². The number of hydrogen-bond donors (Lipinski definition) is 2. The monoisotopic (exact) mass is 425 g/mol. The lowest BCUT2D eigenvalue weighted by atomic mass is 10.1. The van der Waals surface area contributed by atoms with Crippen LogP contribution in [0.4, 0.5) is 5.69 Å². The maximum absolute atomic E-state index is 12.7. The number of rotatable bonds is 5. The van der Waals surface area contributed by atoms with E-state index in [-0.39, 0.29) is 23.0 Å². The molecule has 158 valence electrons. The summed E-state index contributed by atoms with van der Waals surface area (Å²) in [5.41, 5.74) is 1.71. The number of likely N-dealkylation sites (tertiary alicyclic amines) is 1. The third-order valence-corrected chi connectivity index (χ3v) is 4.91. The van der Waals surface area contributed by atoms with Crippen molar-refractivity contribution in [1.29, 1.82) is 0 Å². The Bertz CT molecular complexity index is 923. The van der Waals surface area contributed by atoms with Crippen LogP contribution in [0.1, 0.15) is 53.8 Å². The number of carbonyl (C=O) groups is 2. The van der Waals surface area contributed by atoms with Gasteiger partial charge in [0.2, 0.25) is 0 Å². The van der Waals surface area contributed by atoms with E-state index in [2.05, 4.69) is 10.6 Å². The number of nitrogens with one attached hydrogen (secondary N) is 2. The molecule has 0 saturated carbocycles. The number of thiocarbonyl (C=S) groups is 1. The lowest BCUT2D eigenvalue weighted by molar-refractivity contribution is 0.0724. The summed E-state index contributed by atoms with van der Waals surface area (Å²) >= 11 is 5.28. The highest BCUT2D eigenvalue weighted by Crippen LogP contribution is 2.17. The molecule has 1 fully saturated rings. The normalized spacial score (nSPS) is 13.6. The number of hydrogen-bond acceptors (Lipinski definition) is 4. The van der Waals surface area contributed by atoms with Crippen LogP contribution in [0.2, 0.25) is 0 Å². The van der Waals surface area contributed by atoms with Crippen LogP contribution >= 0.6 is 12.2 Å². The molecule has 3 rings (SSSR count). The average Bonchev–Trinajstić information content (AvgIpc) is 2.73. The summed E-state index contributed by atoms with van der Waals surface area (Å²) in [5, 5.41) is 5.82. The molecular formula is C23H27N3O3S. The Morgan fingerprint density at radius 3 is 2.43 bits per heavy atom. The minimum atomic E-state index is -0.331. The highest BCUT2D eigenvalue weighted by molar-refractivity contribution is 7.80. The zero-order valence-electron chi connectivity index (χ0n) is 17.3. The van der Waals surface area contributed by atoms with Crippen LogP contribution in [0.25, 0.3) is 0 Å². The number of anilines is 1. The molecule has 7 heteroatoms. The minimum absolute atomic E-state index is 0.0194.